The highest BCUT2D eigenvalue weighted by atomic mass is 32.2. The first-order valence-electron chi connectivity index (χ1n) is 12.8. The highest BCUT2D eigenvalue weighted by molar-refractivity contribution is 7.98. The number of fused-ring (bicyclic) bond motifs is 1. The van der Waals surface area contributed by atoms with E-state index >= 15 is 0 Å². The van der Waals surface area contributed by atoms with Gasteiger partial charge in [0.2, 0.25) is 11.6 Å². The lowest BCUT2D eigenvalue weighted by Crippen LogP contribution is -2.26. The molecule has 210 valence electrons. The molecular formula is C26H26N10O4S. The number of benzene rings is 2. The number of aromatic nitrogens is 6. The SMILES string of the molecule is COc1ccc(/C=N/NC(=O)c2c(CN3CCCC3)nnn2-c2nonc2N)cc1CSc1nc2ccccc2o1. The number of carbonyl (C=O) groups excluding carboxylic acids is 1. The molecule has 15 heteroatoms. The Kier molecular flexibility index (Phi) is 7.60. The quantitative estimate of drug-likeness (QED) is 0.142. The maximum absolute atomic E-state index is 13.3. The smallest absolute Gasteiger partial charge is 0.292 e. The van der Waals surface area contributed by atoms with Crippen LogP contribution in [-0.4, -0.2) is 67.5 Å². The summed E-state index contributed by atoms with van der Waals surface area (Å²) in [5, 5.41) is 20.4. The number of hydrogen-bond acceptors (Lipinski definition) is 13. The molecule has 2 aromatic carbocycles. The van der Waals surface area contributed by atoms with Crippen molar-refractivity contribution >= 4 is 40.8 Å². The summed E-state index contributed by atoms with van der Waals surface area (Å²) in [4.78, 5) is 20.0. The Morgan fingerprint density at radius 2 is 2.07 bits per heavy atom. The van der Waals surface area contributed by atoms with Crippen LogP contribution in [-0.2, 0) is 12.3 Å². The summed E-state index contributed by atoms with van der Waals surface area (Å²) in [6, 6.07) is 13.2. The fraction of sp³-hybridized carbons (Fsp3) is 0.269. The highest BCUT2D eigenvalue weighted by Crippen LogP contribution is 2.30. The lowest BCUT2D eigenvalue weighted by molar-refractivity contribution is 0.0945. The van der Waals surface area contributed by atoms with Gasteiger partial charge in [0.1, 0.15) is 17.0 Å². The Hall–Kier alpha value is -4.76. The topological polar surface area (TPSA) is 176 Å². The fourth-order valence-electron chi connectivity index (χ4n) is 4.55. The van der Waals surface area contributed by atoms with E-state index in [1.807, 2.05) is 42.5 Å². The number of ether oxygens (including phenoxy) is 1. The van der Waals surface area contributed by atoms with E-state index in [2.05, 4.69) is 41.0 Å². The molecule has 3 aromatic heterocycles. The number of oxazole rings is 1. The van der Waals surface area contributed by atoms with Gasteiger partial charge in [0.05, 0.1) is 13.3 Å². The van der Waals surface area contributed by atoms with Crippen LogP contribution in [0.3, 0.4) is 0 Å². The summed E-state index contributed by atoms with van der Waals surface area (Å²) < 4.78 is 17.3. The van der Waals surface area contributed by atoms with Gasteiger partial charge in [0, 0.05) is 17.9 Å². The number of methoxy groups -OCH3 is 1. The molecule has 3 N–H and O–H groups in total. The average Bonchev–Trinajstić information content (AvgIpc) is 3.79. The van der Waals surface area contributed by atoms with Gasteiger partial charge in [-0.15, -0.1) is 5.10 Å². The van der Waals surface area contributed by atoms with Crippen molar-refractivity contribution in [1.82, 2.24) is 40.6 Å². The van der Waals surface area contributed by atoms with Crippen molar-refractivity contribution in [2.24, 2.45) is 5.10 Å². The van der Waals surface area contributed by atoms with Crippen molar-refractivity contribution in [3.63, 3.8) is 0 Å². The van der Waals surface area contributed by atoms with Gasteiger partial charge in [-0.1, -0.05) is 29.1 Å². The van der Waals surface area contributed by atoms with Gasteiger partial charge in [-0.25, -0.2) is 15.0 Å². The number of hydrazone groups is 1. The lowest BCUT2D eigenvalue weighted by atomic mass is 10.1. The van der Waals surface area contributed by atoms with E-state index in [0.717, 1.165) is 53.9 Å². The van der Waals surface area contributed by atoms with Gasteiger partial charge in [0.15, 0.2) is 11.3 Å². The largest absolute Gasteiger partial charge is 0.496 e. The third-order valence-electron chi connectivity index (χ3n) is 6.53. The molecule has 4 heterocycles. The van der Waals surface area contributed by atoms with Gasteiger partial charge in [0.25, 0.3) is 11.1 Å². The molecule has 1 saturated heterocycles. The normalized spacial score (nSPS) is 13.9. The van der Waals surface area contributed by atoms with Gasteiger partial charge < -0.3 is 14.9 Å². The first kappa shape index (κ1) is 26.5. The molecule has 1 fully saturated rings. The Balaban J connectivity index is 1.18. The molecule has 6 rings (SSSR count). The zero-order valence-corrected chi connectivity index (χ0v) is 22.9. The highest BCUT2D eigenvalue weighted by Gasteiger charge is 2.27. The van der Waals surface area contributed by atoms with Gasteiger partial charge in [-0.2, -0.15) is 9.78 Å². The maximum Gasteiger partial charge on any atom is 0.292 e. The van der Waals surface area contributed by atoms with Gasteiger partial charge >= 0.3 is 0 Å². The molecule has 0 radical (unpaired) electrons. The van der Waals surface area contributed by atoms with Gasteiger partial charge in [-0.05, 0) is 72.1 Å². The van der Waals surface area contributed by atoms with Crippen LogP contribution in [0.2, 0.25) is 0 Å². The van der Waals surface area contributed by atoms with Crippen molar-refractivity contribution in [2.45, 2.75) is 30.4 Å². The number of para-hydroxylation sites is 2. The standard InChI is InChI=1S/C26H26N10O4S/c1-38-20-9-8-16(12-17(20)15-41-26-29-18-6-2-3-7-21(18)39-26)13-28-31-25(37)22-19(14-35-10-4-5-11-35)30-34-36(22)24-23(27)32-40-33-24/h2-3,6-9,12-13H,4-5,10-11,14-15H2,1H3,(H2,27,32)(H,31,37)/b28-13+. The molecule has 5 aromatic rings. The Morgan fingerprint density at radius 1 is 1.22 bits per heavy atom. The molecule has 14 nitrogen and oxygen atoms in total. The maximum atomic E-state index is 13.3. The zero-order valence-electron chi connectivity index (χ0n) is 22.1. The van der Waals surface area contributed by atoms with Crippen LogP contribution in [0.4, 0.5) is 5.82 Å². The molecular weight excluding hydrogens is 548 g/mol. The van der Waals surface area contributed by atoms with Crippen molar-refractivity contribution in [1.29, 1.82) is 0 Å². The number of nitrogens with two attached hydrogens (primary N) is 1. The van der Waals surface area contributed by atoms with Gasteiger partial charge in [-0.3, -0.25) is 9.69 Å². The van der Waals surface area contributed by atoms with Crippen LogP contribution in [0.15, 0.2) is 61.8 Å². The molecule has 0 atom stereocenters. The number of nitrogens with one attached hydrogen (secondary N) is 1. The average molecular weight is 575 g/mol. The second kappa shape index (κ2) is 11.8. The van der Waals surface area contributed by atoms with Crippen molar-refractivity contribution < 1.29 is 18.6 Å². The molecule has 1 aliphatic heterocycles. The number of anilines is 1. The van der Waals surface area contributed by atoms with E-state index in [0.29, 0.717) is 23.2 Å². The van der Waals surface area contributed by atoms with Crippen molar-refractivity contribution in [3.8, 4) is 11.6 Å². The van der Waals surface area contributed by atoms with Crippen molar-refractivity contribution in [2.75, 3.05) is 25.9 Å². The number of likely N-dealkylation sites (tertiary alicyclic amines) is 1. The molecule has 41 heavy (non-hydrogen) atoms. The monoisotopic (exact) mass is 574 g/mol. The number of hydrogen-bond donors (Lipinski definition) is 2. The second-order valence-corrected chi connectivity index (χ2v) is 10.2. The van der Waals surface area contributed by atoms with Crippen LogP contribution in [0.1, 0.15) is 40.2 Å². The van der Waals surface area contributed by atoms with E-state index in [1.165, 1.54) is 16.4 Å². The number of carbonyl (C=O) groups is 1. The van der Waals surface area contributed by atoms with Crippen LogP contribution < -0.4 is 15.9 Å². The van der Waals surface area contributed by atoms with E-state index < -0.39 is 5.91 Å². The Bertz CT molecular complexity index is 1670. The molecule has 0 aliphatic carbocycles. The van der Waals surface area contributed by atoms with Crippen LogP contribution >= 0.6 is 11.8 Å². The summed E-state index contributed by atoms with van der Waals surface area (Å²) in [6.07, 6.45) is 3.74. The molecule has 0 unspecified atom stereocenters. The molecule has 0 saturated carbocycles. The van der Waals surface area contributed by atoms with E-state index in [9.17, 15) is 4.79 Å². The number of rotatable bonds is 10. The van der Waals surface area contributed by atoms with E-state index in [4.69, 9.17) is 19.5 Å². The van der Waals surface area contributed by atoms with Crippen LogP contribution in [0, 0.1) is 0 Å². The summed E-state index contributed by atoms with van der Waals surface area (Å²) in [5.74, 6) is 0.817. The molecule has 0 bridgehead atoms. The molecule has 1 amide bonds. The summed E-state index contributed by atoms with van der Waals surface area (Å²) in [6.45, 7) is 2.30. The minimum Gasteiger partial charge on any atom is -0.496 e. The third kappa shape index (κ3) is 5.76. The number of amides is 1. The predicted octanol–water partition coefficient (Wildman–Crippen LogP) is 3.03. The zero-order chi connectivity index (χ0) is 28.2. The fourth-order valence-corrected chi connectivity index (χ4v) is 5.36. The third-order valence-corrected chi connectivity index (χ3v) is 7.41. The first-order chi connectivity index (χ1) is 20.1. The van der Waals surface area contributed by atoms with Crippen LogP contribution in [0.5, 0.6) is 5.75 Å². The number of thioether (sulfide) groups is 1. The Labute approximate surface area is 237 Å². The summed E-state index contributed by atoms with van der Waals surface area (Å²) >= 11 is 1.46. The molecule has 0 spiro atoms. The van der Waals surface area contributed by atoms with E-state index in [-0.39, 0.29) is 17.3 Å². The minimum atomic E-state index is -0.525. The Morgan fingerprint density at radius 3 is 2.85 bits per heavy atom. The first-order valence-corrected chi connectivity index (χ1v) is 13.8. The summed E-state index contributed by atoms with van der Waals surface area (Å²) in [5.41, 5.74) is 12.3. The second-order valence-electron chi connectivity index (χ2n) is 9.26. The van der Waals surface area contributed by atoms with Crippen molar-refractivity contribution in [3.05, 3.63) is 65.0 Å². The lowest BCUT2D eigenvalue weighted by Gasteiger charge is -2.13. The number of nitrogens with zero attached hydrogens (tertiary/aromatic N) is 8. The van der Waals surface area contributed by atoms with E-state index in [1.54, 1.807) is 13.3 Å². The number of nitrogen functional groups attached to an aromatic ring is 1. The minimum absolute atomic E-state index is 0.0124. The predicted molar refractivity (Wildman–Crippen MR) is 150 cm³/mol. The van der Waals surface area contributed by atoms with Crippen LogP contribution in [0.25, 0.3) is 16.9 Å². The summed E-state index contributed by atoms with van der Waals surface area (Å²) in [7, 11) is 1.62. The molecule has 1 aliphatic rings.